The molecule has 1 atom stereocenters. The Hall–Kier alpha value is -2.96. The molecule has 5 nitrogen and oxygen atoms in total. The van der Waals surface area contributed by atoms with Crippen LogP contribution in [0.25, 0.3) is 0 Å². The van der Waals surface area contributed by atoms with Gasteiger partial charge in [0.2, 0.25) is 0 Å². The van der Waals surface area contributed by atoms with Crippen LogP contribution in [-0.2, 0) is 22.6 Å². The van der Waals surface area contributed by atoms with E-state index in [0.717, 1.165) is 25.1 Å². The molecule has 1 aliphatic heterocycles. The molecule has 0 spiro atoms. The smallest absolute Gasteiger partial charge is 0.313 e. The molecule has 1 aromatic heterocycles. The van der Waals surface area contributed by atoms with Crippen molar-refractivity contribution in [2.75, 3.05) is 18.4 Å². The minimum Gasteiger partial charge on any atom is -0.346 e. The Morgan fingerprint density at radius 2 is 1.80 bits per heavy atom. The highest BCUT2D eigenvalue weighted by Gasteiger charge is 2.26. The molecule has 2 N–H and O–H groups in total. The van der Waals surface area contributed by atoms with Gasteiger partial charge in [-0.05, 0) is 59.0 Å². The fraction of sp³-hybridized carbons (Fsp3) is 0.250. The molecule has 0 radical (unpaired) electrons. The highest BCUT2D eigenvalue weighted by Crippen LogP contribution is 2.28. The van der Waals surface area contributed by atoms with Crippen LogP contribution >= 0.6 is 11.3 Å². The topological polar surface area (TPSA) is 61.4 Å². The van der Waals surface area contributed by atoms with Crippen LogP contribution in [0.3, 0.4) is 0 Å². The van der Waals surface area contributed by atoms with Gasteiger partial charge in [0.05, 0.1) is 6.04 Å². The Morgan fingerprint density at radius 3 is 2.53 bits per heavy atom. The molecule has 6 heteroatoms. The summed E-state index contributed by atoms with van der Waals surface area (Å²) in [5.41, 5.74) is 5.59. The highest BCUT2D eigenvalue weighted by atomic mass is 32.1. The van der Waals surface area contributed by atoms with E-state index in [0.29, 0.717) is 12.2 Å². The molecule has 154 valence electrons. The van der Waals surface area contributed by atoms with Crippen molar-refractivity contribution >= 4 is 28.8 Å². The number of rotatable bonds is 5. The number of nitrogens with one attached hydrogen (secondary N) is 2. The van der Waals surface area contributed by atoms with Crippen LogP contribution in [0.2, 0.25) is 0 Å². The Bertz CT molecular complexity index is 1020. The van der Waals surface area contributed by atoms with Gasteiger partial charge in [0.1, 0.15) is 0 Å². The lowest BCUT2D eigenvalue weighted by atomic mass is 9.97. The van der Waals surface area contributed by atoms with Gasteiger partial charge in [-0.15, -0.1) is 0 Å². The van der Waals surface area contributed by atoms with E-state index in [9.17, 15) is 9.59 Å². The van der Waals surface area contributed by atoms with Crippen molar-refractivity contribution in [1.82, 2.24) is 10.2 Å². The second-order valence-corrected chi connectivity index (χ2v) is 8.37. The Balaban J connectivity index is 1.41. The number of anilines is 1. The van der Waals surface area contributed by atoms with Gasteiger partial charge in [-0.1, -0.05) is 42.0 Å². The third kappa shape index (κ3) is 4.78. The first-order valence-corrected chi connectivity index (χ1v) is 11.0. The predicted molar refractivity (Wildman–Crippen MR) is 120 cm³/mol. The quantitative estimate of drug-likeness (QED) is 0.617. The van der Waals surface area contributed by atoms with Crippen LogP contribution in [0.1, 0.15) is 28.3 Å². The molecular formula is C24H25N3O2S. The summed E-state index contributed by atoms with van der Waals surface area (Å²) in [6.07, 6.45) is 0.985. The maximum absolute atomic E-state index is 12.4. The zero-order valence-electron chi connectivity index (χ0n) is 16.9. The lowest BCUT2D eigenvalue weighted by molar-refractivity contribution is -0.136. The van der Waals surface area contributed by atoms with Crippen molar-refractivity contribution in [3.8, 4) is 0 Å². The molecule has 30 heavy (non-hydrogen) atoms. The molecule has 3 aromatic rings. The fourth-order valence-corrected chi connectivity index (χ4v) is 4.51. The number of nitrogens with zero attached hydrogens (tertiary/aromatic N) is 1. The molecule has 2 heterocycles. The summed E-state index contributed by atoms with van der Waals surface area (Å²) in [6, 6.07) is 18.0. The molecule has 1 unspecified atom stereocenters. The monoisotopic (exact) mass is 419 g/mol. The molecule has 0 bridgehead atoms. The molecule has 2 aromatic carbocycles. The van der Waals surface area contributed by atoms with Crippen molar-refractivity contribution in [2.45, 2.75) is 25.9 Å². The van der Waals surface area contributed by atoms with Gasteiger partial charge < -0.3 is 10.6 Å². The summed E-state index contributed by atoms with van der Waals surface area (Å²) in [4.78, 5) is 27.1. The average Bonchev–Trinajstić information content (AvgIpc) is 3.30. The molecule has 2 amide bonds. The van der Waals surface area contributed by atoms with E-state index >= 15 is 0 Å². The summed E-state index contributed by atoms with van der Waals surface area (Å²) >= 11 is 1.64. The second-order valence-electron chi connectivity index (χ2n) is 7.59. The van der Waals surface area contributed by atoms with Crippen LogP contribution in [0, 0.1) is 6.92 Å². The molecule has 0 fully saturated rings. The third-order valence-corrected chi connectivity index (χ3v) is 6.20. The summed E-state index contributed by atoms with van der Waals surface area (Å²) in [6.45, 7) is 4.12. The predicted octanol–water partition coefficient (Wildman–Crippen LogP) is 3.91. The van der Waals surface area contributed by atoms with Gasteiger partial charge in [0, 0.05) is 25.3 Å². The van der Waals surface area contributed by atoms with Gasteiger partial charge in [-0.3, -0.25) is 14.5 Å². The SMILES string of the molecule is Cc1ccc(NC(=O)C(=O)NCC(c2ccsc2)N2CCc3ccccc3C2)cc1. The van der Waals surface area contributed by atoms with Gasteiger partial charge in [0.15, 0.2) is 0 Å². The molecule has 4 rings (SSSR count). The van der Waals surface area contributed by atoms with E-state index in [4.69, 9.17) is 0 Å². The van der Waals surface area contributed by atoms with Gasteiger partial charge in [-0.2, -0.15) is 11.3 Å². The summed E-state index contributed by atoms with van der Waals surface area (Å²) in [5, 5.41) is 9.66. The van der Waals surface area contributed by atoms with Gasteiger partial charge >= 0.3 is 11.8 Å². The van der Waals surface area contributed by atoms with E-state index in [1.165, 1.54) is 16.7 Å². The first kappa shape index (κ1) is 20.3. The second kappa shape index (κ2) is 9.24. The summed E-state index contributed by atoms with van der Waals surface area (Å²) in [7, 11) is 0. The normalized spacial score (nSPS) is 14.6. The molecule has 1 aliphatic rings. The first-order chi connectivity index (χ1) is 14.6. The lowest BCUT2D eigenvalue weighted by Crippen LogP contribution is -2.43. The maximum atomic E-state index is 12.4. The first-order valence-electron chi connectivity index (χ1n) is 10.1. The van der Waals surface area contributed by atoms with Crippen LogP contribution in [0.4, 0.5) is 5.69 Å². The number of hydrogen-bond acceptors (Lipinski definition) is 4. The van der Waals surface area contributed by atoms with E-state index in [1.54, 1.807) is 23.5 Å². The molecule has 0 saturated carbocycles. The number of benzene rings is 2. The van der Waals surface area contributed by atoms with Crippen molar-refractivity contribution in [3.05, 3.63) is 87.6 Å². The van der Waals surface area contributed by atoms with Crippen LogP contribution in [0.5, 0.6) is 0 Å². The Labute approximate surface area is 180 Å². The summed E-state index contributed by atoms with van der Waals surface area (Å²) < 4.78 is 0. The van der Waals surface area contributed by atoms with E-state index in [1.807, 2.05) is 24.4 Å². The number of amides is 2. The molecular weight excluding hydrogens is 394 g/mol. The number of thiophene rings is 1. The van der Waals surface area contributed by atoms with Crippen molar-refractivity contribution < 1.29 is 9.59 Å². The van der Waals surface area contributed by atoms with Crippen molar-refractivity contribution in [2.24, 2.45) is 0 Å². The maximum Gasteiger partial charge on any atom is 0.313 e. The lowest BCUT2D eigenvalue weighted by Gasteiger charge is -2.35. The number of fused-ring (bicyclic) bond motifs is 1. The Morgan fingerprint density at radius 1 is 1.03 bits per heavy atom. The highest BCUT2D eigenvalue weighted by molar-refractivity contribution is 7.08. The average molecular weight is 420 g/mol. The number of aryl methyl sites for hydroxylation is 1. The van der Waals surface area contributed by atoms with Gasteiger partial charge in [-0.25, -0.2) is 0 Å². The van der Waals surface area contributed by atoms with E-state index in [-0.39, 0.29) is 6.04 Å². The van der Waals surface area contributed by atoms with E-state index < -0.39 is 11.8 Å². The number of hydrogen-bond donors (Lipinski definition) is 2. The fourth-order valence-electron chi connectivity index (χ4n) is 3.80. The van der Waals surface area contributed by atoms with Crippen molar-refractivity contribution in [3.63, 3.8) is 0 Å². The zero-order valence-corrected chi connectivity index (χ0v) is 17.7. The number of carbonyl (C=O) groups is 2. The standard InChI is InChI=1S/C24H25N3O2S/c1-17-6-8-21(9-7-17)26-24(29)23(28)25-14-22(20-11-13-30-16-20)27-12-10-18-4-2-3-5-19(18)15-27/h2-9,11,13,16,22H,10,12,14-15H2,1H3,(H,25,28)(H,26,29). The zero-order chi connectivity index (χ0) is 20.9. The molecule has 0 saturated heterocycles. The minimum absolute atomic E-state index is 0.0285. The molecule has 0 aliphatic carbocycles. The van der Waals surface area contributed by atoms with E-state index in [2.05, 4.69) is 51.2 Å². The third-order valence-electron chi connectivity index (χ3n) is 5.50. The number of carbonyl (C=O) groups excluding carboxylic acids is 2. The van der Waals surface area contributed by atoms with Crippen LogP contribution in [-0.4, -0.2) is 29.8 Å². The van der Waals surface area contributed by atoms with Crippen LogP contribution in [0.15, 0.2) is 65.4 Å². The largest absolute Gasteiger partial charge is 0.346 e. The summed E-state index contributed by atoms with van der Waals surface area (Å²) in [5.74, 6) is -1.26. The minimum atomic E-state index is -0.646. The Kier molecular flexibility index (Phi) is 6.26. The van der Waals surface area contributed by atoms with Crippen molar-refractivity contribution in [1.29, 1.82) is 0 Å². The van der Waals surface area contributed by atoms with Gasteiger partial charge in [0.25, 0.3) is 0 Å². The van der Waals surface area contributed by atoms with Crippen LogP contribution < -0.4 is 10.6 Å².